The summed E-state index contributed by atoms with van der Waals surface area (Å²) in [6.45, 7) is 1.50. The van der Waals surface area contributed by atoms with Gasteiger partial charge in [-0.1, -0.05) is 35.8 Å². The monoisotopic (exact) mass is 432 g/mol. The predicted molar refractivity (Wildman–Crippen MR) is 114 cm³/mol. The van der Waals surface area contributed by atoms with E-state index in [1.165, 1.54) is 37.0 Å². The van der Waals surface area contributed by atoms with Gasteiger partial charge in [0.05, 0.1) is 0 Å². The maximum absolute atomic E-state index is 12.7. The number of anilines is 1. The van der Waals surface area contributed by atoms with E-state index < -0.39 is 0 Å². The second-order valence-electron chi connectivity index (χ2n) is 7.94. The molecule has 0 spiro atoms. The highest BCUT2D eigenvalue weighted by atomic mass is 35.5. The number of nitrogens with zero attached hydrogens (tertiary/aromatic N) is 3. The molecule has 0 bridgehead atoms. The number of piperidine rings is 1. The lowest BCUT2D eigenvalue weighted by Gasteiger charge is -2.32. The third-order valence-electron chi connectivity index (χ3n) is 5.80. The minimum absolute atomic E-state index is 0.158. The van der Waals surface area contributed by atoms with E-state index in [-0.39, 0.29) is 17.7 Å². The number of benzene rings is 1. The summed E-state index contributed by atoms with van der Waals surface area (Å²) in [4.78, 5) is 27.1. The normalized spacial score (nSPS) is 20.0. The van der Waals surface area contributed by atoms with Crippen LogP contribution in [0.25, 0.3) is 0 Å². The maximum Gasteiger partial charge on any atom is 0.286 e. The van der Waals surface area contributed by atoms with Gasteiger partial charge in [-0.25, -0.2) is 0 Å². The Hall–Kier alpha value is -1.99. The first-order chi connectivity index (χ1) is 14.1. The van der Waals surface area contributed by atoms with Crippen LogP contribution >= 0.6 is 22.9 Å². The number of nitrogens with one attached hydrogen (secondary N) is 1. The molecule has 29 heavy (non-hydrogen) atoms. The van der Waals surface area contributed by atoms with Crippen molar-refractivity contribution >= 4 is 40.4 Å². The molecule has 1 saturated heterocycles. The molecule has 1 aliphatic carbocycles. The van der Waals surface area contributed by atoms with Gasteiger partial charge in [0, 0.05) is 36.1 Å². The third kappa shape index (κ3) is 5.14. The molecule has 2 amide bonds. The smallest absolute Gasteiger partial charge is 0.286 e. The summed E-state index contributed by atoms with van der Waals surface area (Å²) in [5.74, 6) is 0.714. The van der Waals surface area contributed by atoms with E-state index in [9.17, 15) is 9.59 Å². The lowest BCUT2D eigenvalue weighted by molar-refractivity contribution is -0.133. The van der Waals surface area contributed by atoms with Gasteiger partial charge in [0.25, 0.3) is 5.91 Å². The molecule has 8 heteroatoms. The van der Waals surface area contributed by atoms with Crippen LogP contribution in [0.4, 0.5) is 5.69 Å². The van der Waals surface area contributed by atoms with Gasteiger partial charge in [0.15, 0.2) is 0 Å². The van der Waals surface area contributed by atoms with Crippen LogP contribution in [0.3, 0.4) is 0 Å². The molecule has 0 radical (unpaired) electrons. The summed E-state index contributed by atoms with van der Waals surface area (Å²) in [5.41, 5.74) is 0.664. The second kappa shape index (κ2) is 9.22. The van der Waals surface area contributed by atoms with E-state index in [2.05, 4.69) is 15.5 Å². The molecule has 2 aliphatic rings. The van der Waals surface area contributed by atoms with Crippen molar-refractivity contribution in [3.05, 3.63) is 39.3 Å². The molecule has 2 heterocycles. The number of carbonyl (C=O) groups excluding carboxylic acids is 2. The van der Waals surface area contributed by atoms with Gasteiger partial charge in [-0.2, -0.15) is 0 Å². The van der Waals surface area contributed by atoms with Crippen molar-refractivity contribution in [2.24, 2.45) is 5.92 Å². The number of likely N-dealkylation sites (tertiary alicyclic amines) is 1. The Bertz CT molecular complexity index is 864. The molecule has 1 aromatic heterocycles. The van der Waals surface area contributed by atoms with Crippen LogP contribution in [-0.4, -0.2) is 40.0 Å². The molecule has 154 valence electrons. The van der Waals surface area contributed by atoms with Crippen molar-refractivity contribution < 1.29 is 9.59 Å². The fourth-order valence-electron chi connectivity index (χ4n) is 4.20. The zero-order valence-electron chi connectivity index (χ0n) is 16.3. The number of halogens is 1. The van der Waals surface area contributed by atoms with Crippen LogP contribution in [0.5, 0.6) is 0 Å². The van der Waals surface area contributed by atoms with Crippen molar-refractivity contribution in [3.8, 4) is 0 Å². The van der Waals surface area contributed by atoms with Crippen molar-refractivity contribution in [2.75, 3.05) is 18.4 Å². The van der Waals surface area contributed by atoms with Crippen LogP contribution in [0.15, 0.2) is 24.3 Å². The fourth-order valence-corrected chi connectivity index (χ4v) is 5.20. The Morgan fingerprint density at radius 1 is 1.10 bits per heavy atom. The molecule has 1 aliphatic heterocycles. The average molecular weight is 433 g/mol. The fraction of sp³-hybridized carbons (Fsp3) is 0.524. The van der Waals surface area contributed by atoms with Crippen LogP contribution in [0.2, 0.25) is 5.02 Å². The molecule has 4 rings (SSSR count). The highest BCUT2D eigenvalue weighted by Gasteiger charge is 2.29. The van der Waals surface area contributed by atoms with E-state index in [0.29, 0.717) is 34.6 Å². The standard InChI is InChI=1S/C21H25ClN4O2S/c22-16-7-9-17(10-8-16)23-19(28)21-25-24-20(29-21)15-6-3-11-26(13-15)18(27)12-14-4-1-2-5-14/h7-10,14-15H,1-6,11-13H2,(H,23,28). The van der Waals surface area contributed by atoms with Gasteiger partial charge >= 0.3 is 0 Å². The molecule has 1 saturated carbocycles. The molecule has 6 nitrogen and oxygen atoms in total. The largest absolute Gasteiger partial charge is 0.342 e. The summed E-state index contributed by atoms with van der Waals surface area (Å²) in [6.07, 6.45) is 7.50. The molecule has 1 aromatic carbocycles. The number of hydrogen-bond donors (Lipinski definition) is 1. The highest BCUT2D eigenvalue weighted by Crippen LogP contribution is 2.32. The molecule has 1 unspecified atom stereocenters. The van der Waals surface area contributed by atoms with Crippen molar-refractivity contribution in [1.29, 1.82) is 0 Å². The Kier molecular flexibility index (Phi) is 6.45. The van der Waals surface area contributed by atoms with Crippen molar-refractivity contribution in [3.63, 3.8) is 0 Å². The summed E-state index contributed by atoms with van der Waals surface area (Å²) >= 11 is 7.19. The first-order valence-electron chi connectivity index (χ1n) is 10.3. The van der Waals surface area contributed by atoms with E-state index in [0.717, 1.165) is 24.4 Å². The van der Waals surface area contributed by atoms with Crippen molar-refractivity contribution in [2.45, 2.75) is 50.9 Å². The summed E-state index contributed by atoms with van der Waals surface area (Å²) in [5, 5.41) is 13.0. The summed E-state index contributed by atoms with van der Waals surface area (Å²) in [6, 6.07) is 6.94. The Labute approximate surface area is 179 Å². The predicted octanol–water partition coefficient (Wildman–Crippen LogP) is 4.73. The van der Waals surface area contributed by atoms with Crippen LogP contribution < -0.4 is 5.32 Å². The SMILES string of the molecule is O=C(Nc1ccc(Cl)cc1)c1nnc(C2CCCN(C(=O)CC3CCCC3)C2)s1. The maximum atomic E-state index is 12.7. The van der Waals surface area contributed by atoms with Crippen molar-refractivity contribution in [1.82, 2.24) is 15.1 Å². The Morgan fingerprint density at radius 3 is 2.62 bits per heavy atom. The van der Waals surface area contributed by atoms with E-state index in [1.54, 1.807) is 24.3 Å². The number of aromatic nitrogens is 2. The first kappa shape index (κ1) is 20.3. The van der Waals surface area contributed by atoms with E-state index in [1.807, 2.05) is 4.90 Å². The number of carbonyl (C=O) groups is 2. The molecular weight excluding hydrogens is 408 g/mol. The Morgan fingerprint density at radius 2 is 1.86 bits per heavy atom. The molecular formula is C21H25ClN4O2S. The van der Waals surface area contributed by atoms with Crippen LogP contribution in [0.1, 0.15) is 65.7 Å². The quantitative estimate of drug-likeness (QED) is 0.741. The third-order valence-corrected chi connectivity index (χ3v) is 7.13. The zero-order valence-corrected chi connectivity index (χ0v) is 17.8. The number of amides is 2. The van der Waals surface area contributed by atoms with Gasteiger partial charge in [-0.05, 0) is 55.9 Å². The number of rotatable bonds is 5. The molecule has 1 N–H and O–H groups in total. The van der Waals surface area contributed by atoms with Gasteiger partial charge in [0.2, 0.25) is 10.9 Å². The summed E-state index contributed by atoms with van der Waals surface area (Å²) < 4.78 is 0. The van der Waals surface area contributed by atoms with Gasteiger partial charge in [-0.15, -0.1) is 10.2 Å². The molecule has 1 atom stereocenters. The lowest BCUT2D eigenvalue weighted by Crippen LogP contribution is -2.39. The highest BCUT2D eigenvalue weighted by molar-refractivity contribution is 7.13. The zero-order chi connectivity index (χ0) is 20.2. The minimum Gasteiger partial charge on any atom is -0.342 e. The Balaban J connectivity index is 1.36. The van der Waals surface area contributed by atoms with E-state index in [4.69, 9.17) is 11.6 Å². The average Bonchev–Trinajstić information content (AvgIpc) is 3.42. The lowest BCUT2D eigenvalue weighted by atomic mass is 9.97. The van der Waals surface area contributed by atoms with Crippen LogP contribution in [0, 0.1) is 5.92 Å². The molecule has 2 fully saturated rings. The number of hydrogen-bond acceptors (Lipinski definition) is 5. The van der Waals surface area contributed by atoms with E-state index >= 15 is 0 Å². The van der Waals surface area contributed by atoms with Crippen LogP contribution in [-0.2, 0) is 4.79 Å². The van der Waals surface area contributed by atoms with Gasteiger partial charge in [0.1, 0.15) is 5.01 Å². The molecule has 2 aromatic rings. The van der Waals surface area contributed by atoms with Gasteiger partial charge in [-0.3, -0.25) is 9.59 Å². The first-order valence-corrected chi connectivity index (χ1v) is 11.5. The topological polar surface area (TPSA) is 75.2 Å². The second-order valence-corrected chi connectivity index (χ2v) is 9.39. The minimum atomic E-state index is -0.277. The van der Waals surface area contributed by atoms with Gasteiger partial charge < -0.3 is 10.2 Å². The summed E-state index contributed by atoms with van der Waals surface area (Å²) in [7, 11) is 0.